The molecule has 9 nitrogen and oxygen atoms in total. The smallest absolute Gasteiger partial charge is 0.326 e. The molecule has 0 aromatic rings. The second kappa shape index (κ2) is 9.09. The molecule has 0 rings (SSSR count). The Morgan fingerprint density at radius 3 is 1.52 bits per heavy atom. The molecule has 4 atom stereocenters. The first-order valence-electron chi connectivity index (χ1n) is 7.36. The molecule has 0 saturated carbocycles. The lowest BCUT2D eigenvalue weighted by molar-refractivity contribution is -0.143. The van der Waals surface area contributed by atoms with Crippen molar-refractivity contribution in [2.24, 2.45) is 11.7 Å². The van der Waals surface area contributed by atoms with Crippen LogP contribution in [0.2, 0.25) is 0 Å². The van der Waals surface area contributed by atoms with Gasteiger partial charge in [-0.15, -0.1) is 0 Å². The highest BCUT2D eigenvalue weighted by atomic mass is 16.4. The number of nitrogens with one attached hydrogen (secondary N) is 3. The molecule has 23 heavy (non-hydrogen) atoms. The third-order valence-electron chi connectivity index (χ3n) is 3.15. The number of amides is 3. The van der Waals surface area contributed by atoms with Crippen molar-refractivity contribution >= 4 is 23.7 Å². The van der Waals surface area contributed by atoms with Crippen LogP contribution in [0.15, 0.2) is 0 Å². The number of rotatable bonds is 8. The fourth-order valence-corrected chi connectivity index (χ4v) is 1.61. The van der Waals surface area contributed by atoms with Crippen molar-refractivity contribution in [1.82, 2.24) is 16.0 Å². The van der Waals surface area contributed by atoms with Crippen molar-refractivity contribution in [2.45, 2.75) is 58.8 Å². The molecule has 0 aromatic carbocycles. The Hall–Kier alpha value is -2.16. The highest BCUT2D eigenvalue weighted by Gasteiger charge is 2.27. The Morgan fingerprint density at radius 1 is 0.783 bits per heavy atom. The van der Waals surface area contributed by atoms with Gasteiger partial charge >= 0.3 is 5.97 Å². The van der Waals surface area contributed by atoms with Gasteiger partial charge in [0.25, 0.3) is 0 Å². The predicted molar refractivity (Wildman–Crippen MR) is 83.3 cm³/mol. The van der Waals surface area contributed by atoms with E-state index in [9.17, 15) is 19.2 Å². The Labute approximate surface area is 135 Å². The third kappa shape index (κ3) is 7.09. The second-order valence-corrected chi connectivity index (χ2v) is 5.82. The molecule has 0 spiro atoms. The standard InChI is InChI=1S/C14H26N4O5/c1-6(2)10(14(22)23)18-13(21)9(5)17-12(20)8(4)16-11(19)7(3)15/h6-10H,15H2,1-5H3,(H,16,19)(H,17,20)(H,18,21)(H,22,23). The molecule has 0 aliphatic rings. The van der Waals surface area contributed by atoms with Crippen LogP contribution in [-0.4, -0.2) is 53.0 Å². The van der Waals surface area contributed by atoms with Gasteiger partial charge in [-0.3, -0.25) is 14.4 Å². The summed E-state index contributed by atoms with van der Waals surface area (Å²) in [5.41, 5.74) is 5.38. The van der Waals surface area contributed by atoms with E-state index >= 15 is 0 Å². The average molecular weight is 330 g/mol. The summed E-state index contributed by atoms with van der Waals surface area (Å²) in [6, 6.07) is -3.62. The largest absolute Gasteiger partial charge is 0.480 e. The lowest BCUT2D eigenvalue weighted by atomic mass is 10.0. The first kappa shape index (κ1) is 20.8. The lowest BCUT2D eigenvalue weighted by Gasteiger charge is -2.22. The fraction of sp³-hybridized carbons (Fsp3) is 0.714. The Morgan fingerprint density at radius 2 is 1.17 bits per heavy atom. The zero-order valence-electron chi connectivity index (χ0n) is 14.0. The maximum Gasteiger partial charge on any atom is 0.326 e. The van der Waals surface area contributed by atoms with E-state index in [1.807, 2.05) is 0 Å². The number of hydrogen-bond acceptors (Lipinski definition) is 5. The van der Waals surface area contributed by atoms with Crippen LogP contribution in [0.1, 0.15) is 34.6 Å². The summed E-state index contributed by atoms with van der Waals surface area (Å²) < 4.78 is 0. The molecular formula is C14H26N4O5. The van der Waals surface area contributed by atoms with Crippen LogP contribution in [0.25, 0.3) is 0 Å². The number of carbonyl (C=O) groups excluding carboxylic acids is 3. The highest BCUT2D eigenvalue weighted by molar-refractivity contribution is 5.93. The van der Waals surface area contributed by atoms with Gasteiger partial charge in [0.1, 0.15) is 18.1 Å². The van der Waals surface area contributed by atoms with Crippen LogP contribution in [0, 0.1) is 5.92 Å². The van der Waals surface area contributed by atoms with E-state index in [-0.39, 0.29) is 5.92 Å². The van der Waals surface area contributed by atoms with E-state index in [1.54, 1.807) is 13.8 Å². The summed E-state index contributed by atoms with van der Waals surface area (Å²) >= 11 is 0. The van der Waals surface area contributed by atoms with E-state index in [0.717, 1.165) is 0 Å². The third-order valence-corrected chi connectivity index (χ3v) is 3.15. The van der Waals surface area contributed by atoms with E-state index in [2.05, 4.69) is 16.0 Å². The summed E-state index contributed by atoms with van der Waals surface area (Å²) in [4.78, 5) is 46.3. The molecule has 3 amide bonds. The van der Waals surface area contributed by atoms with Crippen molar-refractivity contribution in [1.29, 1.82) is 0 Å². The summed E-state index contributed by atoms with van der Waals surface area (Å²) in [7, 11) is 0. The monoisotopic (exact) mass is 330 g/mol. The minimum atomic E-state index is -1.15. The van der Waals surface area contributed by atoms with Gasteiger partial charge in [-0.25, -0.2) is 4.79 Å². The van der Waals surface area contributed by atoms with E-state index in [1.165, 1.54) is 20.8 Å². The molecule has 0 bridgehead atoms. The molecule has 6 N–H and O–H groups in total. The van der Waals surface area contributed by atoms with Gasteiger partial charge in [0, 0.05) is 0 Å². The normalized spacial score (nSPS) is 16.0. The molecule has 0 saturated heterocycles. The van der Waals surface area contributed by atoms with Gasteiger partial charge in [-0.1, -0.05) is 13.8 Å². The lowest BCUT2D eigenvalue weighted by Crippen LogP contribution is -2.55. The van der Waals surface area contributed by atoms with Gasteiger partial charge in [0.05, 0.1) is 6.04 Å². The SMILES string of the molecule is CC(N)C(=O)NC(C)C(=O)NC(C)C(=O)NC(C(=O)O)C(C)C. The number of aliphatic carboxylic acids is 1. The van der Waals surface area contributed by atoms with Gasteiger partial charge in [-0.05, 0) is 26.7 Å². The topological polar surface area (TPSA) is 151 Å². The molecule has 0 aliphatic carbocycles. The highest BCUT2D eigenvalue weighted by Crippen LogP contribution is 2.02. The van der Waals surface area contributed by atoms with Gasteiger partial charge in [0.2, 0.25) is 17.7 Å². The second-order valence-electron chi connectivity index (χ2n) is 5.82. The quantitative estimate of drug-likeness (QED) is 0.368. The maximum absolute atomic E-state index is 12.0. The number of carboxylic acids is 1. The zero-order valence-corrected chi connectivity index (χ0v) is 14.0. The molecule has 0 aromatic heterocycles. The first-order valence-corrected chi connectivity index (χ1v) is 7.36. The van der Waals surface area contributed by atoms with Crippen LogP contribution in [0.3, 0.4) is 0 Å². The average Bonchev–Trinajstić information content (AvgIpc) is 2.42. The Balaban J connectivity index is 4.59. The summed E-state index contributed by atoms with van der Waals surface area (Å²) in [5, 5.41) is 16.2. The van der Waals surface area contributed by atoms with E-state index in [0.29, 0.717) is 0 Å². The summed E-state index contributed by atoms with van der Waals surface area (Å²) in [6.07, 6.45) is 0. The molecule has 9 heteroatoms. The van der Waals surface area contributed by atoms with Crippen molar-refractivity contribution in [2.75, 3.05) is 0 Å². The minimum Gasteiger partial charge on any atom is -0.480 e. The summed E-state index contributed by atoms with van der Waals surface area (Å²) in [5.74, 6) is -3.13. The Kier molecular flexibility index (Phi) is 8.23. The first-order chi connectivity index (χ1) is 10.5. The number of nitrogens with two attached hydrogens (primary N) is 1. The van der Waals surface area contributed by atoms with Crippen molar-refractivity contribution in [3.05, 3.63) is 0 Å². The van der Waals surface area contributed by atoms with E-state index in [4.69, 9.17) is 10.8 Å². The molecule has 0 fully saturated rings. The molecule has 4 unspecified atom stereocenters. The maximum atomic E-state index is 12.0. The fourth-order valence-electron chi connectivity index (χ4n) is 1.61. The molecule has 0 heterocycles. The van der Waals surface area contributed by atoms with E-state index < -0.39 is 47.9 Å². The van der Waals surface area contributed by atoms with Gasteiger partial charge in [0.15, 0.2) is 0 Å². The molecular weight excluding hydrogens is 304 g/mol. The molecule has 132 valence electrons. The van der Waals surface area contributed by atoms with Crippen LogP contribution in [0.4, 0.5) is 0 Å². The van der Waals surface area contributed by atoms with Gasteiger partial charge < -0.3 is 26.8 Å². The van der Waals surface area contributed by atoms with Crippen molar-refractivity contribution < 1.29 is 24.3 Å². The summed E-state index contributed by atoms with van der Waals surface area (Å²) in [6.45, 7) is 7.68. The number of carbonyl (C=O) groups is 4. The van der Waals surface area contributed by atoms with Crippen LogP contribution < -0.4 is 21.7 Å². The van der Waals surface area contributed by atoms with Crippen molar-refractivity contribution in [3.63, 3.8) is 0 Å². The van der Waals surface area contributed by atoms with Crippen LogP contribution >= 0.6 is 0 Å². The number of carboxylic acid groups (broad SMARTS) is 1. The van der Waals surface area contributed by atoms with Crippen molar-refractivity contribution in [3.8, 4) is 0 Å². The predicted octanol–water partition coefficient (Wildman–Crippen LogP) is -1.43. The van der Waals surface area contributed by atoms with Crippen LogP contribution in [0.5, 0.6) is 0 Å². The minimum absolute atomic E-state index is 0.302. The molecule has 0 radical (unpaired) electrons. The Bertz CT molecular complexity index is 464. The zero-order chi connectivity index (χ0) is 18.3. The number of hydrogen-bond donors (Lipinski definition) is 5. The van der Waals surface area contributed by atoms with Gasteiger partial charge in [-0.2, -0.15) is 0 Å². The van der Waals surface area contributed by atoms with Crippen LogP contribution in [-0.2, 0) is 19.2 Å². The molecule has 0 aliphatic heterocycles.